The van der Waals surface area contributed by atoms with E-state index in [1.54, 1.807) is 30.3 Å². The Hall–Kier alpha value is -3.62. The van der Waals surface area contributed by atoms with Gasteiger partial charge in [-0.15, -0.1) is 6.42 Å². The molecular formula is C24H19BrN2O7S. The molecule has 9 nitrogen and oxygen atoms in total. The largest absolute Gasteiger partial charge is 0.493 e. The number of benzene rings is 2. The van der Waals surface area contributed by atoms with E-state index in [0.29, 0.717) is 51.9 Å². The number of thioether (sulfide) groups is 1. The number of imide groups is 1. The molecule has 3 amide bonds. The SMILES string of the molecule is C#CCOc1c(/C=C2/SC(=O)N(CC(=O)Nc3ccc4c(c3)OCCO4)C2=O)cc(Br)cc1OC. The Labute approximate surface area is 213 Å². The molecule has 1 fully saturated rings. The van der Waals surface area contributed by atoms with Crippen LogP contribution in [0.2, 0.25) is 0 Å². The average molecular weight is 559 g/mol. The first-order valence-corrected chi connectivity index (χ1v) is 11.9. The molecule has 11 heteroatoms. The lowest BCUT2D eigenvalue weighted by atomic mass is 10.1. The molecule has 2 aliphatic heterocycles. The van der Waals surface area contributed by atoms with Crippen molar-refractivity contribution in [3.63, 3.8) is 0 Å². The van der Waals surface area contributed by atoms with E-state index < -0.39 is 23.6 Å². The first-order chi connectivity index (χ1) is 16.9. The number of ether oxygens (including phenoxy) is 4. The van der Waals surface area contributed by atoms with E-state index in [2.05, 4.69) is 27.2 Å². The fourth-order valence-corrected chi connectivity index (χ4v) is 4.64. The molecule has 0 radical (unpaired) electrons. The lowest BCUT2D eigenvalue weighted by Crippen LogP contribution is -2.36. The molecule has 0 aromatic heterocycles. The maximum absolute atomic E-state index is 12.9. The summed E-state index contributed by atoms with van der Waals surface area (Å²) in [7, 11) is 1.47. The zero-order valence-corrected chi connectivity index (χ0v) is 20.9. The van der Waals surface area contributed by atoms with Gasteiger partial charge in [-0.25, -0.2) is 0 Å². The van der Waals surface area contributed by atoms with Gasteiger partial charge in [0.1, 0.15) is 26.4 Å². The summed E-state index contributed by atoms with van der Waals surface area (Å²) < 4.78 is 22.6. The Morgan fingerprint density at radius 1 is 1.26 bits per heavy atom. The number of nitrogens with one attached hydrogen (secondary N) is 1. The van der Waals surface area contributed by atoms with Crippen molar-refractivity contribution < 1.29 is 33.3 Å². The Morgan fingerprint density at radius 3 is 2.77 bits per heavy atom. The van der Waals surface area contributed by atoms with Gasteiger partial charge in [-0.1, -0.05) is 21.9 Å². The number of amides is 3. The predicted molar refractivity (Wildman–Crippen MR) is 134 cm³/mol. The second kappa shape index (κ2) is 10.8. The van der Waals surface area contributed by atoms with Gasteiger partial charge in [0.2, 0.25) is 5.91 Å². The monoisotopic (exact) mass is 558 g/mol. The lowest BCUT2D eigenvalue weighted by Gasteiger charge is -2.19. The van der Waals surface area contributed by atoms with E-state index in [1.807, 2.05) is 0 Å². The van der Waals surface area contributed by atoms with Crippen LogP contribution in [0.25, 0.3) is 6.08 Å². The van der Waals surface area contributed by atoms with Crippen molar-refractivity contribution in [2.75, 3.05) is 38.8 Å². The van der Waals surface area contributed by atoms with Crippen LogP contribution >= 0.6 is 27.7 Å². The van der Waals surface area contributed by atoms with Gasteiger partial charge in [-0.3, -0.25) is 19.3 Å². The molecule has 1 saturated heterocycles. The van der Waals surface area contributed by atoms with Crippen molar-refractivity contribution in [1.29, 1.82) is 0 Å². The third-order valence-electron chi connectivity index (χ3n) is 4.86. The zero-order valence-electron chi connectivity index (χ0n) is 18.5. The predicted octanol–water partition coefficient (Wildman–Crippen LogP) is 3.92. The Morgan fingerprint density at radius 2 is 2.03 bits per heavy atom. The maximum atomic E-state index is 12.9. The van der Waals surface area contributed by atoms with Crippen LogP contribution in [-0.4, -0.2) is 55.4 Å². The molecule has 180 valence electrons. The summed E-state index contributed by atoms with van der Waals surface area (Å²) in [6, 6.07) is 8.35. The average Bonchev–Trinajstić information content (AvgIpc) is 3.10. The summed E-state index contributed by atoms with van der Waals surface area (Å²) in [5.74, 6) is 3.07. The van der Waals surface area contributed by atoms with Gasteiger partial charge in [0.15, 0.2) is 23.0 Å². The molecule has 4 rings (SSSR count). The van der Waals surface area contributed by atoms with Gasteiger partial charge in [-0.2, -0.15) is 0 Å². The topological polar surface area (TPSA) is 103 Å². The second-order valence-electron chi connectivity index (χ2n) is 7.19. The van der Waals surface area contributed by atoms with E-state index in [0.717, 1.165) is 16.7 Å². The molecule has 0 spiro atoms. The highest BCUT2D eigenvalue weighted by Crippen LogP contribution is 2.39. The van der Waals surface area contributed by atoms with Gasteiger partial charge >= 0.3 is 0 Å². The smallest absolute Gasteiger partial charge is 0.294 e. The number of hydrogen-bond acceptors (Lipinski definition) is 8. The second-order valence-corrected chi connectivity index (χ2v) is 9.10. The van der Waals surface area contributed by atoms with Crippen LogP contribution in [0, 0.1) is 12.3 Å². The molecule has 0 aliphatic carbocycles. The number of nitrogens with zero attached hydrogens (tertiary/aromatic N) is 1. The zero-order chi connectivity index (χ0) is 24.9. The summed E-state index contributed by atoms with van der Waals surface area (Å²) >= 11 is 4.11. The molecule has 0 unspecified atom stereocenters. The number of carbonyl (C=O) groups is 3. The lowest BCUT2D eigenvalue weighted by molar-refractivity contribution is -0.127. The van der Waals surface area contributed by atoms with Crippen LogP contribution in [0.15, 0.2) is 39.7 Å². The van der Waals surface area contributed by atoms with Gasteiger partial charge in [0.05, 0.1) is 12.0 Å². The first-order valence-electron chi connectivity index (χ1n) is 10.3. The first kappa shape index (κ1) is 24.5. The third-order valence-corrected chi connectivity index (χ3v) is 6.22. The van der Waals surface area contributed by atoms with Crippen LogP contribution in [0.4, 0.5) is 10.5 Å². The quantitative estimate of drug-likeness (QED) is 0.403. The molecule has 2 aromatic rings. The molecule has 2 aliphatic rings. The van der Waals surface area contributed by atoms with Gasteiger partial charge in [-0.05, 0) is 42.1 Å². The minimum Gasteiger partial charge on any atom is -0.493 e. The fraction of sp³-hybridized carbons (Fsp3) is 0.208. The molecule has 1 N–H and O–H groups in total. The number of methoxy groups -OCH3 is 1. The van der Waals surface area contributed by atoms with E-state index in [1.165, 1.54) is 13.2 Å². The highest BCUT2D eigenvalue weighted by atomic mass is 79.9. The summed E-state index contributed by atoms with van der Waals surface area (Å²) in [5.41, 5.74) is 0.941. The van der Waals surface area contributed by atoms with Crippen LogP contribution < -0.4 is 24.3 Å². The fourth-order valence-electron chi connectivity index (χ4n) is 3.36. The van der Waals surface area contributed by atoms with Gasteiger partial charge in [0.25, 0.3) is 11.1 Å². The van der Waals surface area contributed by atoms with Crippen molar-refractivity contribution in [2.24, 2.45) is 0 Å². The molecule has 35 heavy (non-hydrogen) atoms. The van der Waals surface area contributed by atoms with Crippen molar-refractivity contribution in [3.05, 3.63) is 45.3 Å². The van der Waals surface area contributed by atoms with E-state index in [4.69, 9.17) is 25.4 Å². The molecular weight excluding hydrogens is 540 g/mol. The number of terminal acetylenes is 1. The molecule has 0 bridgehead atoms. The van der Waals surface area contributed by atoms with Gasteiger partial charge in [0, 0.05) is 21.8 Å². The molecule has 0 saturated carbocycles. The van der Waals surface area contributed by atoms with Crippen LogP contribution in [0.1, 0.15) is 5.56 Å². The highest BCUT2D eigenvalue weighted by Gasteiger charge is 2.36. The third kappa shape index (κ3) is 5.55. The summed E-state index contributed by atoms with van der Waals surface area (Å²) in [6.45, 7) is 0.404. The van der Waals surface area contributed by atoms with Crippen LogP contribution in [-0.2, 0) is 9.59 Å². The molecule has 2 aromatic carbocycles. The van der Waals surface area contributed by atoms with Crippen molar-refractivity contribution >= 4 is 56.5 Å². The van der Waals surface area contributed by atoms with Crippen molar-refractivity contribution in [3.8, 4) is 35.3 Å². The number of fused-ring (bicyclic) bond motifs is 1. The van der Waals surface area contributed by atoms with E-state index >= 15 is 0 Å². The number of hydrogen-bond donors (Lipinski definition) is 1. The summed E-state index contributed by atoms with van der Waals surface area (Å²) in [5, 5.41) is 2.11. The Kier molecular flexibility index (Phi) is 7.53. The number of carbonyl (C=O) groups excluding carboxylic acids is 3. The number of halogens is 1. The van der Waals surface area contributed by atoms with Crippen LogP contribution in [0.3, 0.4) is 0 Å². The van der Waals surface area contributed by atoms with Crippen molar-refractivity contribution in [1.82, 2.24) is 4.90 Å². The normalized spacial score (nSPS) is 15.7. The Balaban J connectivity index is 1.50. The molecule has 2 heterocycles. The minimum absolute atomic E-state index is 0.0136. The minimum atomic E-state index is -0.598. The van der Waals surface area contributed by atoms with Crippen LogP contribution in [0.5, 0.6) is 23.0 Å². The number of anilines is 1. The van der Waals surface area contributed by atoms with E-state index in [9.17, 15) is 14.4 Å². The number of rotatable bonds is 7. The molecule has 0 atom stereocenters. The summed E-state index contributed by atoms with van der Waals surface area (Å²) in [4.78, 5) is 39.1. The van der Waals surface area contributed by atoms with E-state index in [-0.39, 0.29) is 11.5 Å². The Bertz CT molecular complexity index is 1270. The highest BCUT2D eigenvalue weighted by molar-refractivity contribution is 9.10. The standard InChI is InChI=1S/C24H19BrN2O7S/c1-3-6-34-22-14(9-15(25)11-19(22)31-2)10-20-23(29)27(24(30)35-20)13-21(28)26-16-4-5-17-18(12-16)33-8-7-32-17/h1,4-5,9-12H,6-8,13H2,2H3,(H,26,28)/b20-10+. The maximum Gasteiger partial charge on any atom is 0.294 e. The summed E-state index contributed by atoms with van der Waals surface area (Å²) in [6.07, 6.45) is 6.81. The van der Waals surface area contributed by atoms with Gasteiger partial charge < -0.3 is 24.3 Å². The van der Waals surface area contributed by atoms with Crippen molar-refractivity contribution in [2.45, 2.75) is 0 Å².